The van der Waals surface area contributed by atoms with Gasteiger partial charge in [0.05, 0.1) is 0 Å². The molecule has 6 heteroatoms. The zero-order valence-corrected chi connectivity index (χ0v) is 16.4. The van der Waals surface area contributed by atoms with E-state index in [-0.39, 0.29) is 11.8 Å². The van der Waals surface area contributed by atoms with Gasteiger partial charge in [-0.05, 0) is 18.4 Å². The Morgan fingerprint density at radius 3 is 2.79 bits per heavy atom. The molecule has 1 aliphatic carbocycles. The Morgan fingerprint density at radius 1 is 1.14 bits per heavy atom. The number of hydrogen-bond acceptors (Lipinski definition) is 4. The fourth-order valence-electron chi connectivity index (χ4n) is 3.81. The summed E-state index contributed by atoms with van der Waals surface area (Å²) in [4.78, 5) is 14.4. The van der Waals surface area contributed by atoms with Crippen LogP contribution in [0.4, 0.5) is 0 Å². The maximum absolute atomic E-state index is 12.0. The molecule has 6 nitrogen and oxygen atoms in total. The van der Waals surface area contributed by atoms with Gasteiger partial charge in [0.15, 0.2) is 0 Å². The molecule has 1 saturated carbocycles. The Balaban J connectivity index is 1.26. The number of hydrogen-bond donors (Lipinski definition) is 1. The zero-order valence-electron chi connectivity index (χ0n) is 16.4. The Kier molecular flexibility index (Phi) is 6.17. The molecule has 0 unspecified atom stereocenters. The molecular weight excluding hydrogens is 350 g/mol. The highest BCUT2D eigenvalue weighted by Gasteiger charge is 2.25. The van der Waals surface area contributed by atoms with Crippen molar-refractivity contribution in [3.05, 3.63) is 53.6 Å². The van der Waals surface area contributed by atoms with E-state index in [2.05, 4.69) is 61.4 Å². The lowest BCUT2D eigenvalue weighted by atomic mass is 9.85. The van der Waals surface area contributed by atoms with E-state index in [0.29, 0.717) is 6.54 Å². The summed E-state index contributed by atoms with van der Waals surface area (Å²) >= 11 is 0. The van der Waals surface area contributed by atoms with Gasteiger partial charge in [0.25, 0.3) is 0 Å². The highest BCUT2D eigenvalue weighted by atomic mass is 16.1. The van der Waals surface area contributed by atoms with Gasteiger partial charge >= 0.3 is 0 Å². The summed E-state index contributed by atoms with van der Waals surface area (Å²) in [7, 11) is 0. The summed E-state index contributed by atoms with van der Waals surface area (Å²) in [5.41, 5.74) is 1.24. The number of rotatable bonds is 7. The van der Waals surface area contributed by atoms with Crippen molar-refractivity contribution in [1.29, 1.82) is 0 Å². The molecule has 4 rings (SSSR count). The summed E-state index contributed by atoms with van der Waals surface area (Å²) in [6, 6.07) is 10.4. The van der Waals surface area contributed by atoms with Crippen LogP contribution in [0.3, 0.4) is 0 Å². The Hall–Kier alpha value is -2.47. The van der Waals surface area contributed by atoms with Gasteiger partial charge < -0.3 is 9.88 Å². The Labute approximate surface area is 166 Å². The van der Waals surface area contributed by atoms with Gasteiger partial charge in [0.1, 0.15) is 11.6 Å². The monoisotopic (exact) mass is 379 g/mol. The molecule has 0 radical (unpaired) electrons. The number of amides is 1. The predicted octanol–water partition coefficient (Wildman–Crippen LogP) is 2.31. The molecule has 1 N–H and O–H groups in total. The first kappa shape index (κ1) is 18.9. The van der Waals surface area contributed by atoms with Crippen LogP contribution in [0.1, 0.15) is 36.5 Å². The zero-order chi connectivity index (χ0) is 19.2. The average molecular weight is 380 g/mol. The smallest absolute Gasteiger partial charge is 0.223 e. The van der Waals surface area contributed by atoms with Gasteiger partial charge in [-0.2, -0.15) is 0 Å². The number of fused-ring (bicyclic) bond motifs is 1. The van der Waals surface area contributed by atoms with E-state index in [4.69, 9.17) is 0 Å². The first-order valence-corrected chi connectivity index (χ1v) is 10.4. The van der Waals surface area contributed by atoms with Crippen LogP contribution in [0.5, 0.6) is 0 Å². The van der Waals surface area contributed by atoms with Gasteiger partial charge in [0.2, 0.25) is 5.91 Å². The molecule has 1 amide bonds. The number of benzene rings is 1. The van der Waals surface area contributed by atoms with Crippen LogP contribution in [-0.4, -0.2) is 51.8 Å². The first-order valence-electron chi connectivity index (χ1n) is 10.4. The van der Waals surface area contributed by atoms with Crippen molar-refractivity contribution in [3.8, 4) is 0 Å². The summed E-state index contributed by atoms with van der Waals surface area (Å²) in [5.74, 6) is 2.51. The number of carbonyl (C=O) groups is 1. The second-order valence-electron chi connectivity index (χ2n) is 7.72. The molecule has 0 spiro atoms. The third kappa shape index (κ3) is 4.68. The van der Waals surface area contributed by atoms with E-state index in [1.807, 2.05) is 6.07 Å². The van der Waals surface area contributed by atoms with E-state index in [1.54, 1.807) is 0 Å². The second kappa shape index (κ2) is 9.15. The van der Waals surface area contributed by atoms with E-state index in [9.17, 15) is 4.79 Å². The van der Waals surface area contributed by atoms with Gasteiger partial charge in [-0.1, -0.05) is 48.9 Å². The first-order chi connectivity index (χ1) is 13.8. The molecule has 2 aromatic rings. The lowest BCUT2D eigenvalue weighted by Crippen LogP contribution is -2.35. The summed E-state index contributed by atoms with van der Waals surface area (Å²) in [6.07, 6.45) is 9.36. The highest BCUT2D eigenvalue weighted by Crippen LogP contribution is 2.26. The third-order valence-electron chi connectivity index (χ3n) is 5.79. The fraction of sp³-hybridized carbons (Fsp3) is 0.500. The van der Waals surface area contributed by atoms with E-state index >= 15 is 0 Å². The average Bonchev–Trinajstić information content (AvgIpc) is 2.93. The fourth-order valence-corrected chi connectivity index (χ4v) is 3.81. The Bertz CT molecular complexity index is 810. The summed E-state index contributed by atoms with van der Waals surface area (Å²) < 4.78 is 2.25. The van der Waals surface area contributed by atoms with Crippen LogP contribution < -0.4 is 5.32 Å². The molecule has 1 aromatic heterocycles. The number of carbonyl (C=O) groups excluding carboxylic acids is 1. The number of nitrogens with one attached hydrogen (secondary N) is 1. The maximum atomic E-state index is 12.0. The highest BCUT2D eigenvalue weighted by molar-refractivity contribution is 5.79. The minimum Gasteiger partial charge on any atom is -0.355 e. The SMILES string of the molecule is O=C(NCCc1nnc2n1CCN(C/C=C/c1ccccc1)CC2)C1CCC1. The molecule has 0 saturated heterocycles. The largest absolute Gasteiger partial charge is 0.355 e. The van der Waals surface area contributed by atoms with Gasteiger partial charge in [-0.15, -0.1) is 10.2 Å². The van der Waals surface area contributed by atoms with Crippen molar-refractivity contribution in [2.24, 2.45) is 5.92 Å². The van der Waals surface area contributed by atoms with Crippen LogP contribution in [0.2, 0.25) is 0 Å². The molecule has 28 heavy (non-hydrogen) atoms. The van der Waals surface area contributed by atoms with Gasteiger partial charge in [0, 0.05) is 51.5 Å². The van der Waals surface area contributed by atoms with Crippen LogP contribution in [0.25, 0.3) is 6.08 Å². The minimum atomic E-state index is 0.207. The molecule has 2 aliphatic rings. The van der Waals surface area contributed by atoms with Crippen LogP contribution >= 0.6 is 0 Å². The van der Waals surface area contributed by atoms with Crippen molar-refractivity contribution in [3.63, 3.8) is 0 Å². The van der Waals surface area contributed by atoms with Crippen molar-refractivity contribution in [2.75, 3.05) is 26.2 Å². The standard InChI is InChI=1S/C22H29N5O/c28-22(19-9-4-10-19)23-13-11-20-24-25-21-12-15-26(16-17-27(20)21)14-5-8-18-6-2-1-3-7-18/h1-3,5-8,19H,4,9-17H2,(H,23,28)/b8-5+. The van der Waals surface area contributed by atoms with Gasteiger partial charge in [-0.25, -0.2) is 0 Å². The van der Waals surface area contributed by atoms with Crippen molar-refractivity contribution >= 4 is 12.0 Å². The maximum Gasteiger partial charge on any atom is 0.223 e. The summed E-state index contributed by atoms with van der Waals surface area (Å²) in [5, 5.41) is 11.8. The van der Waals surface area contributed by atoms with Crippen molar-refractivity contribution < 1.29 is 4.79 Å². The molecule has 0 bridgehead atoms. The normalized spacial score (nSPS) is 17.9. The minimum absolute atomic E-state index is 0.207. The Morgan fingerprint density at radius 2 is 2.00 bits per heavy atom. The molecule has 1 aliphatic heterocycles. The molecular formula is C22H29N5O. The van der Waals surface area contributed by atoms with Crippen molar-refractivity contribution in [1.82, 2.24) is 25.0 Å². The third-order valence-corrected chi connectivity index (χ3v) is 5.79. The quantitative estimate of drug-likeness (QED) is 0.802. The molecule has 1 aromatic carbocycles. The number of aromatic nitrogens is 3. The predicted molar refractivity (Wildman–Crippen MR) is 110 cm³/mol. The van der Waals surface area contributed by atoms with E-state index in [0.717, 1.165) is 63.5 Å². The molecule has 1 fully saturated rings. The van der Waals surface area contributed by atoms with Gasteiger partial charge in [-0.3, -0.25) is 9.69 Å². The molecule has 0 atom stereocenters. The van der Waals surface area contributed by atoms with E-state index < -0.39 is 0 Å². The molecule has 2 heterocycles. The van der Waals surface area contributed by atoms with Crippen molar-refractivity contribution in [2.45, 2.75) is 38.6 Å². The van der Waals surface area contributed by atoms with Crippen LogP contribution in [0, 0.1) is 5.92 Å². The molecule has 148 valence electrons. The second-order valence-corrected chi connectivity index (χ2v) is 7.72. The summed E-state index contributed by atoms with van der Waals surface area (Å²) in [6.45, 7) is 4.49. The number of nitrogens with zero attached hydrogens (tertiary/aromatic N) is 4. The topological polar surface area (TPSA) is 63.1 Å². The lowest BCUT2D eigenvalue weighted by Gasteiger charge is -2.23. The lowest BCUT2D eigenvalue weighted by molar-refractivity contribution is -0.127. The van der Waals surface area contributed by atoms with E-state index in [1.165, 1.54) is 12.0 Å². The van der Waals surface area contributed by atoms with Crippen LogP contribution in [0.15, 0.2) is 36.4 Å². The van der Waals surface area contributed by atoms with Crippen LogP contribution in [-0.2, 0) is 24.2 Å².